The normalized spacial score (nSPS) is 11.2. The summed E-state index contributed by atoms with van der Waals surface area (Å²) in [5.74, 6) is -1.48. The molecule has 1 aromatic carbocycles. The van der Waals surface area contributed by atoms with Gasteiger partial charge in [0.25, 0.3) is 5.69 Å². The Morgan fingerprint density at radius 2 is 2.20 bits per heavy atom. The maximum Gasteiger partial charge on any atom is 0.342 e. The van der Waals surface area contributed by atoms with Crippen LogP contribution < -0.4 is 9.47 Å². The second kappa shape index (κ2) is 6.38. The third kappa shape index (κ3) is 3.14. The van der Waals surface area contributed by atoms with E-state index in [0.717, 1.165) is 12.1 Å². The summed E-state index contributed by atoms with van der Waals surface area (Å²) >= 11 is 0. The van der Waals surface area contributed by atoms with Crippen LogP contribution in [0.4, 0.5) is 5.69 Å². The lowest BCUT2D eigenvalue weighted by Crippen LogP contribution is -2.14. The number of nitro benzene ring substituents is 1. The number of methoxy groups -OCH3 is 1. The van der Waals surface area contributed by atoms with Gasteiger partial charge in [0, 0.05) is 6.07 Å². The maximum absolute atomic E-state index is 11.0. The number of nitriles is 1. The number of carbonyl (C=O) groups is 1. The van der Waals surface area contributed by atoms with Crippen molar-refractivity contribution in [1.29, 1.82) is 5.26 Å². The molecule has 0 saturated heterocycles. The van der Waals surface area contributed by atoms with Gasteiger partial charge in [0.15, 0.2) is 17.6 Å². The highest BCUT2D eigenvalue weighted by molar-refractivity contribution is 5.93. The van der Waals surface area contributed by atoms with Gasteiger partial charge in [-0.15, -0.1) is 0 Å². The fourth-order valence-corrected chi connectivity index (χ4v) is 1.48. The average Bonchev–Trinajstić information content (AvgIpc) is 2.43. The van der Waals surface area contributed by atoms with Gasteiger partial charge in [-0.2, -0.15) is 5.26 Å². The molecule has 8 heteroatoms. The predicted octanol–water partition coefficient (Wildman–Crippen LogP) is 1.98. The summed E-state index contributed by atoms with van der Waals surface area (Å²) in [5, 5.41) is 28.7. The Morgan fingerprint density at radius 1 is 1.55 bits per heavy atom. The van der Waals surface area contributed by atoms with E-state index in [1.165, 1.54) is 7.11 Å². The van der Waals surface area contributed by atoms with E-state index < -0.39 is 28.2 Å². The minimum absolute atomic E-state index is 0.0155. The number of ether oxygens (including phenoxy) is 2. The summed E-state index contributed by atoms with van der Waals surface area (Å²) in [6.45, 7) is 1.71. The molecular formula is C12H12N2O6. The Labute approximate surface area is 114 Å². The molecule has 0 fully saturated rings. The molecule has 0 radical (unpaired) electrons. The van der Waals surface area contributed by atoms with Gasteiger partial charge < -0.3 is 14.6 Å². The Morgan fingerprint density at radius 3 is 2.60 bits per heavy atom. The van der Waals surface area contributed by atoms with Crippen molar-refractivity contribution in [3.05, 3.63) is 27.8 Å². The van der Waals surface area contributed by atoms with Gasteiger partial charge in [-0.3, -0.25) is 10.1 Å². The quantitative estimate of drug-likeness (QED) is 0.624. The molecule has 0 aliphatic rings. The van der Waals surface area contributed by atoms with Crippen molar-refractivity contribution in [2.24, 2.45) is 0 Å². The third-order valence-corrected chi connectivity index (χ3v) is 2.49. The van der Waals surface area contributed by atoms with Crippen molar-refractivity contribution < 1.29 is 24.3 Å². The Balaban J connectivity index is 3.38. The molecule has 0 spiro atoms. The topological polar surface area (TPSA) is 123 Å². The van der Waals surface area contributed by atoms with E-state index in [2.05, 4.69) is 0 Å². The van der Waals surface area contributed by atoms with Crippen LogP contribution in [0.5, 0.6) is 11.5 Å². The van der Waals surface area contributed by atoms with E-state index in [0.29, 0.717) is 6.42 Å². The zero-order valence-electron chi connectivity index (χ0n) is 10.8. The van der Waals surface area contributed by atoms with E-state index >= 15 is 0 Å². The lowest BCUT2D eigenvalue weighted by Gasteiger charge is -2.14. The summed E-state index contributed by atoms with van der Waals surface area (Å²) in [7, 11) is 1.27. The van der Waals surface area contributed by atoms with Gasteiger partial charge in [-0.1, -0.05) is 6.92 Å². The molecule has 106 valence electrons. The monoisotopic (exact) mass is 280 g/mol. The SMILES string of the molecule is CCC(C#N)Oc1cc([N+](=O)[O-])c(C(=O)O)cc1OC. The summed E-state index contributed by atoms with van der Waals surface area (Å²) in [5.41, 5.74) is -1.13. The number of hydrogen-bond donors (Lipinski definition) is 1. The molecular weight excluding hydrogens is 268 g/mol. The molecule has 0 aliphatic carbocycles. The highest BCUT2D eigenvalue weighted by Crippen LogP contribution is 2.35. The molecule has 0 aliphatic heterocycles. The van der Waals surface area contributed by atoms with Crippen molar-refractivity contribution in [1.82, 2.24) is 0 Å². The van der Waals surface area contributed by atoms with Crippen molar-refractivity contribution in [2.45, 2.75) is 19.4 Å². The maximum atomic E-state index is 11.0. The lowest BCUT2D eigenvalue weighted by atomic mass is 10.1. The first-order valence-corrected chi connectivity index (χ1v) is 5.60. The molecule has 20 heavy (non-hydrogen) atoms. The first kappa shape index (κ1) is 15.2. The molecule has 1 aromatic rings. The van der Waals surface area contributed by atoms with Crippen LogP contribution in [0.25, 0.3) is 0 Å². The lowest BCUT2D eigenvalue weighted by molar-refractivity contribution is -0.385. The number of nitro groups is 1. The predicted molar refractivity (Wildman–Crippen MR) is 66.9 cm³/mol. The first-order chi connectivity index (χ1) is 9.44. The minimum atomic E-state index is -1.45. The van der Waals surface area contributed by atoms with Crippen molar-refractivity contribution in [3.8, 4) is 17.6 Å². The molecule has 1 rings (SSSR count). The molecule has 0 heterocycles. The second-order valence-corrected chi connectivity index (χ2v) is 3.73. The second-order valence-electron chi connectivity index (χ2n) is 3.73. The summed E-state index contributed by atoms with van der Waals surface area (Å²) in [6.07, 6.45) is -0.437. The van der Waals surface area contributed by atoms with Crippen LogP contribution in [0.3, 0.4) is 0 Å². The smallest absolute Gasteiger partial charge is 0.342 e. The van der Waals surface area contributed by atoms with E-state index in [-0.39, 0.29) is 11.5 Å². The van der Waals surface area contributed by atoms with Crippen molar-refractivity contribution in [3.63, 3.8) is 0 Å². The summed E-state index contributed by atoms with van der Waals surface area (Å²) in [6, 6.07) is 3.82. The molecule has 0 amide bonds. The zero-order chi connectivity index (χ0) is 15.3. The zero-order valence-corrected chi connectivity index (χ0v) is 10.8. The van der Waals surface area contributed by atoms with Gasteiger partial charge in [0.1, 0.15) is 11.6 Å². The average molecular weight is 280 g/mol. The highest BCUT2D eigenvalue weighted by Gasteiger charge is 2.25. The molecule has 0 aromatic heterocycles. The number of hydrogen-bond acceptors (Lipinski definition) is 6. The van der Waals surface area contributed by atoms with Gasteiger partial charge in [-0.05, 0) is 6.42 Å². The summed E-state index contributed by atoms with van der Waals surface area (Å²) < 4.78 is 10.2. The van der Waals surface area contributed by atoms with Gasteiger partial charge in [0.05, 0.1) is 18.1 Å². The van der Waals surface area contributed by atoms with Crippen molar-refractivity contribution >= 4 is 11.7 Å². The van der Waals surface area contributed by atoms with E-state index in [1.807, 2.05) is 6.07 Å². The number of benzene rings is 1. The molecule has 1 N–H and O–H groups in total. The van der Waals surface area contributed by atoms with Crippen LogP contribution >= 0.6 is 0 Å². The largest absolute Gasteiger partial charge is 0.493 e. The van der Waals surface area contributed by atoms with Gasteiger partial charge in [-0.25, -0.2) is 4.79 Å². The number of carboxylic acids is 1. The van der Waals surface area contributed by atoms with E-state index in [4.69, 9.17) is 19.8 Å². The first-order valence-electron chi connectivity index (χ1n) is 5.60. The third-order valence-electron chi connectivity index (χ3n) is 2.49. The highest BCUT2D eigenvalue weighted by atomic mass is 16.6. The molecule has 8 nitrogen and oxygen atoms in total. The molecule has 0 bridgehead atoms. The van der Waals surface area contributed by atoms with Crippen LogP contribution in [0.2, 0.25) is 0 Å². The number of aromatic carboxylic acids is 1. The van der Waals surface area contributed by atoms with Gasteiger partial charge >= 0.3 is 5.97 Å². The Kier molecular flexibility index (Phi) is 4.86. The van der Waals surface area contributed by atoms with Crippen LogP contribution in [-0.4, -0.2) is 29.2 Å². The fourth-order valence-electron chi connectivity index (χ4n) is 1.48. The minimum Gasteiger partial charge on any atom is -0.493 e. The van der Waals surface area contributed by atoms with Crippen LogP contribution in [0, 0.1) is 21.4 Å². The van der Waals surface area contributed by atoms with Crippen LogP contribution in [0.15, 0.2) is 12.1 Å². The molecule has 0 saturated carbocycles. The summed E-state index contributed by atoms with van der Waals surface area (Å²) in [4.78, 5) is 21.0. The number of carboxylic acid groups (broad SMARTS) is 1. The van der Waals surface area contributed by atoms with E-state index in [1.54, 1.807) is 6.92 Å². The van der Waals surface area contributed by atoms with Crippen LogP contribution in [-0.2, 0) is 0 Å². The van der Waals surface area contributed by atoms with Crippen molar-refractivity contribution in [2.75, 3.05) is 7.11 Å². The Bertz CT molecular complexity index is 578. The van der Waals surface area contributed by atoms with Crippen LogP contribution in [0.1, 0.15) is 23.7 Å². The molecule has 1 atom stereocenters. The number of nitrogens with zero attached hydrogens (tertiary/aromatic N) is 2. The number of rotatable bonds is 6. The standard InChI is InChI=1S/C12H12N2O6/c1-3-7(6-13)20-11-5-9(14(17)18)8(12(15)16)4-10(11)19-2/h4-5,7H,3H2,1-2H3,(H,15,16). The molecule has 1 unspecified atom stereocenters. The Hall–Kier alpha value is -2.82. The fraction of sp³-hybridized carbons (Fsp3) is 0.333. The van der Waals surface area contributed by atoms with Gasteiger partial charge in [0.2, 0.25) is 0 Å². The van der Waals surface area contributed by atoms with E-state index in [9.17, 15) is 14.9 Å².